The summed E-state index contributed by atoms with van der Waals surface area (Å²) < 4.78 is 17.0. The minimum Gasteiger partial charge on any atom is -0.462 e. The molecule has 0 aromatic heterocycles. The molecule has 0 fully saturated rings. The number of ether oxygens (including phenoxy) is 3. The van der Waals surface area contributed by atoms with Crippen molar-refractivity contribution in [1.82, 2.24) is 0 Å². The first-order valence-electron chi connectivity index (χ1n) is 35.1. The first kappa shape index (κ1) is 77.6. The van der Waals surface area contributed by atoms with Gasteiger partial charge in [0, 0.05) is 19.3 Å². The number of hydrogen-bond acceptors (Lipinski definition) is 6. The maximum atomic E-state index is 12.9. The van der Waals surface area contributed by atoms with Crippen LogP contribution in [0.5, 0.6) is 0 Å². The van der Waals surface area contributed by atoms with E-state index in [2.05, 4.69) is 106 Å². The SMILES string of the molecule is CC/C=C\C/C=C\C/C=C\C/C=C\C/C=C\C/C=C\C/C=C\CCCCCCCCCCCC(=O)OCC(COC(=O)CCCCCCCCCCCCCC)OC(=O)CCCCCCCCCCCCCCCCCCCCCC. The van der Waals surface area contributed by atoms with E-state index in [0.717, 1.165) is 109 Å². The van der Waals surface area contributed by atoms with Crippen molar-refractivity contribution in [3.8, 4) is 0 Å². The molecule has 1 unspecified atom stereocenters. The van der Waals surface area contributed by atoms with E-state index in [0.29, 0.717) is 19.3 Å². The van der Waals surface area contributed by atoms with Gasteiger partial charge in [0.05, 0.1) is 0 Å². The summed E-state index contributed by atoms with van der Waals surface area (Å²) >= 11 is 0. The van der Waals surface area contributed by atoms with Crippen LogP contribution in [0, 0.1) is 0 Å². The number of allylic oxidation sites excluding steroid dienone is 14. The molecule has 0 saturated carbocycles. The topological polar surface area (TPSA) is 78.9 Å². The number of unbranched alkanes of at least 4 members (excludes halogenated alkanes) is 39. The number of carbonyl (C=O) groups is 3. The highest BCUT2D eigenvalue weighted by Gasteiger charge is 2.19. The molecule has 1 atom stereocenters. The zero-order valence-electron chi connectivity index (χ0n) is 53.8. The molecular weight excluding hydrogens is 997 g/mol. The van der Waals surface area contributed by atoms with Crippen molar-refractivity contribution < 1.29 is 28.6 Å². The summed E-state index contributed by atoms with van der Waals surface area (Å²) in [6, 6.07) is 0. The summed E-state index contributed by atoms with van der Waals surface area (Å²) in [5.41, 5.74) is 0. The number of esters is 3. The molecule has 0 heterocycles. The fourth-order valence-electron chi connectivity index (χ4n) is 10.2. The lowest BCUT2D eigenvalue weighted by atomic mass is 10.0. The zero-order chi connectivity index (χ0) is 58.5. The normalized spacial score (nSPS) is 12.6. The molecule has 468 valence electrons. The van der Waals surface area contributed by atoms with Crippen molar-refractivity contribution in [1.29, 1.82) is 0 Å². The lowest BCUT2D eigenvalue weighted by Crippen LogP contribution is -2.30. The van der Waals surface area contributed by atoms with Crippen LogP contribution in [0.15, 0.2) is 85.1 Å². The minimum atomic E-state index is -0.776. The first-order valence-corrected chi connectivity index (χ1v) is 35.1. The van der Waals surface area contributed by atoms with E-state index in [1.807, 2.05) is 0 Å². The van der Waals surface area contributed by atoms with Crippen LogP contribution >= 0.6 is 0 Å². The lowest BCUT2D eigenvalue weighted by molar-refractivity contribution is -0.167. The molecule has 0 aliphatic rings. The van der Waals surface area contributed by atoms with Crippen LogP contribution < -0.4 is 0 Å². The minimum absolute atomic E-state index is 0.0723. The van der Waals surface area contributed by atoms with E-state index in [9.17, 15) is 14.4 Å². The second kappa shape index (κ2) is 69.1. The van der Waals surface area contributed by atoms with Gasteiger partial charge < -0.3 is 14.2 Å². The average Bonchev–Trinajstić information content (AvgIpc) is 3.47. The molecule has 0 amide bonds. The summed E-state index contributed by atoms with van der Waals surface area (Å²) in [5.74, 6) is -0.858. The van der Waals surface area contributed by atoms with Crippen LogP contribution in [0.25, 0.3) is 0 Å². The van der Waals surface area contributed by atoms with Crippen molar-refractivity contribution in [2.24, 2.45) is 0 Å². The van der Waals surface area contributed by atoms with Gasteiger partial charge in [-0.2, -0.15) is 0 Å². The Morgan fingerprint density at radius 2 is 0.481 bits per heavy atom. The van der Waals surface area contributed by atoms with Gasteiger partial charge in [-0.25, -0.2) is 0 Å². The van der Waals surface area contributed by atoms with Crippen molar-refractivity contribution in [2.75, 3.05) is 13.2 Å². The second-order valence-electron chi connectivity index (χ2n) is 23.4. The van der Waals surface area contributed by atoms with Gasteiger partial charge >= 0.3 is 17.9 Å². The third-order valence-corrected chi connectivity index (χ3v) is 15.4. The van der Waals surface area contributed by atoms with Crippen LogP contribution in [0.2, 0.25) is 0 Å². The van der Waals surface area contributed by atoms with Crippen LogP contribution in [0.3, 0.4) is 0 Å². The highest BCUT2D eigenvalue weighted by molar-refractivity contribution is 5.71. The van der Waals surface area contributed by atoms with Crippen LogP contribution in [-0.2, 0) is 28.6 Å². The van der Waals surface area contributed by atoms with Gasteiger partial charge in [0.1, 0.15) is 13.2 Å². The third kappa shape index (κ3) is 67.3. The van der Waals surface area contributed by atoms with Gasteiger partial charge in [-0.3, -0.25) is 14.4 Å². The molecule has 0 N–H and O–H groups in total. The molecule has 6 heteroatoms. The van der Waals surface area contributed by atoms with Crippen molar-refractivity contribution >= 4 is 17.9 Å². The predicted molar refractivity (Wildman–Crippen MR) is 353 cm³/mol. The van der Waals surface area contributed by atoms with E-state index in [1.165, 1.54) is 205 Å². The molecule has 0 saturated heterocycles. The quantitative estimate of drug-likeness (QED) is 0.0261. The van der Waals surface area contributed by atoms with Gasteiger partial charge in [0.25, 0.3) is 0 Å². The van der Waals surface area contributed by atoms with Crippen molar-refractivity contribution in [3.63, 3.8) is 0 Å². The average molecular weight is 1130 g/mol. The Labute approximate surface area is 503 Å². The fraction of sp³-hybridized carbons (Fsp3) is 0.773. The molecule has 0 rings (SSSR count). The largest absolute Gasteiger partial charge is 0.462 e. The van der Waals surface area contributed by atoms with Gasteiger partial charge in [0.2, 0.25) is 0 Å². The predicted octanol–water partition coefficient (Wildman–Crippen LogP) is 24.2. The van der Waals surface area contributed by atoms with Gasteiger partial charge in [-0.05, 0) is 77.0 Å². The monoisotopic (exact) mass is 1130 g/mol. The summed E-state index contributed by atoms with van der Waals surface area (Å²) in [6.07, 6.45) is 91.8. The Kier molecular flexibility index (Phi) is 66.2. The number of carbonyl (C=O) groups excluding carboxylic acids is 3. The van der Waals surface area contributed by atoms with E-state index in [-0.39, 0.29) is 31.1 Å². The molecule has 0 aliphatic heterocycles. The van der Waals surface area contributed by atoms with E-state index < -0.39 is 6.10 Å². The molecule has 0 aromatic rings. The van der Waals surface area contributed by atoms with Crippen LogP contribution in [0.4, 0.5) is 0 Å². The molecule has 0 spiro atoms. The molecule has 6 nitrogen and oxygen atoms in total. The van der Waals surface area contributed by atoms with Crippen molar-refractivity contribution in [2.45, 2.75) is 361 Å². The Bertz CT molecular complexity index is 1530. The summed E-state index contributed by atoms with van der Waals surface area (Å²) in [5, 5.41) is 0. The molecule has 81 heavy (non-hydrogen) atoms. The third-order valence-electron chi connectivity index (χ3n) is 15.4. The van der Waals surface area contributed by atoms with Gasteiger partial charge in [-0.15, -0.1) is 0 Å². The standard InChI is InChI=1S/C75H132O6/c1-4-7-10-13-16-19-22-25-27-29-31-33-34-35-36-37-38-39-40-41-42-43-45-46-48-50-53-56-59-62-65-68-74(77)80-71-72(70-79-73(76)67-64-61-58-55-52-24-21-18-15-12-9-6-3)81-75(78)69-66-63-60-57-54-51-49-47-44-32-30-28-26-23-20-17-14-11-8-5-2/h7,10,16,19,25,27,31,33,35-36,38-39,41-42,72H,4-6,8-9,11-15,17-18,20-24,26,28-30,32,34,37,40,43-71H2,1-3H3/b10-7-,19-16-,27-25-,33-31-,36-35-,39-38-,42-41-. The lowest BCUT2D eigenvalue weighted by Gasteiger charge is -2.18. The maximum Gasteiger partial charge on any atom is 0.306 e. The Morgan fingerprint density at radius 1 is 0.259 bits per heavy atom. The summed E-state index contributed by atoms with van der Waals surface area (Å²) in [4.78, 5) is 38.4. The van der Waals surface area contributed by atoms with Crippen LogP contribution in [-0.4, -0.2) is 37.2 Å². The molecule has 0 radical (unpaired) electrons. The molecule has 0 aromatic carbocycles. The second-order valence-corrected chi connectivity index (χ2v) is 23.4. The molecule has 0 aliphatic carbocycles. The summed E-state index contributed by atoms with van der Waals surface area (Å²) in [7, 11) is 0. The first-order chi connectivity index (χ1) is 40.0. The number of rotatable bonds is 64. The Hall–Kier alpha value is -3.41. The van der Waals surface area contributed by atoms with Crippen molar-refractivity contribution in [3.05, 3.63) is 85.1 Å². The van der Waals surface area contributed by atoms with Crippen LogP contribution in [0.1, 0.15) is 355 Å². The van der Waals surface area contributed by atoms with E-state index in [1.54, 1.807) is 0 Å². The molecular formula is C75H132O6. The van der Waals surface area contributed by atoms with E-state index in [4.69, 9.17) is 14.2 Å². The highest BCUT2D eigenvalue weighted by Crippen LogP contribution is 2.18. The van der Waals surface area contributed by atoms with Gasteiger partial charge in [-0.1, -0.05) is 343 Å². The number of hydrogen-bond donors (Lipinski definition) is 0. The Morgan fingerprint density at radius 3 is 0.753 bits per heavy atom. The Balaban J connectivity index is 4.24. The zero-order valence-corrected chi connectivity index (χ0v) is 53.8. The van der Waals surface area contributed by atoms with Gasteiger partial charge in [0.15, 0.2) is 6.10 Å². The fourth-order valence-corrected chi connectivity index (χ4v) is 10.2. The smallest absolute Gasteiger partial charge is 0.306 e. The highest BCUT2D eigenvalue weighted by atomic mass is 16.6. The maximum absolute atomic E-state index is 12.9. The molecule has 0 bridgehead atoms. The van der Waals surface area contributed by atoms with E-state index >= 15 is 0 Å². The summed E-state index contributed by atoms with van der Waals surface area (Å²) in [6.45, 7) is 6.57.